The van der Waals surface area contributed by atoms with E-state index in [0.717, 1.165) is 103 Å². The third-order valence-electron chi connectivity index (χ3n) is 13.8. The van der Waals surface area contributed by atoms with E-state index >= 15 is 0 Å². The van der Waals surface area contributed by atoms with Crippen LogP contribution >= 0.6 is 0 Å². The Labute approximate surface area is 471 Å². The maximum Gasteiger partial charge on any atom is 0.306 e. The second kappa shape index (κ2) is 65.6. The number of hydrogen-bond donors (Lipinski definition) is 1. The largest absolute Gasteiger partial charge is 0.462 e. The van der Waals surface area contributed by atoms with Gasteiger partial charge < -0.3 is 14.6 Å². The first-order chi connectivity index (χ1) is 37.6. The molecule has 0 heterocycles. The van der Waals surface area contributed by atoms with Gasteiger partial charge in [-0.3, -0.25) is 9.59 Å². The quantitative estimate of drug-likeness (QED) is 0.0373. The van der Waals surface area contributed by atoms with E-state index in [1.165, 1.54) is 167 Å². The molecule has 0 aromatic heterocycles. The summed E-state index contributed by atoms with van der Waals surface area (Å²) in [4.78, 5) is 24.5. The summed E-state index contributed by atoms with van der Waals surface area (Å²) < 4.78 is 10.7. The molecule has 0 amide bonds. The number of carbonyl (C=O) groups is 2. The van der Waals surface area contributed by atoms with Crippen LogP contribution in [0.25, 0.3) is 0 Å². The number of hydrogen-bond acceptors (Lipinski definition) is 5. The van der Waals surface area contributed by atoms with Crippen LogP contribution < -0.4 is 0 Å². The van der Waals surface area contributed by atoms with Crippen molar-refractivity contribution in [1.29, 1.82) is 0 Å². The van der Waals surface area contributed by atoms with Crippen molar-refractivity contribution in [3.05, 3.63) is 122 Å². The first-order valence-corrected chi connectivity index (χ1v) is 32.1. The molecule has 0 aromatic carbocycles. The molecule has 5 nitrogen and oxygen atoms in total. The second-order valence-electron chi connectivity index (χ2n) is 21.1. The van der Waals surface area contributed by atoms with Gasteiger partial charge in [0.15, 0.2) is 6.10 Å². The van der Waals surface area contributed by atoms with Crippen LogP contribution in [0.4, 0.5) is 0 Å². The van der Waals surface area contributed by atoms with Gasteiger partial charge in [0.05, 0.1) is 6.61 Å². The molecule has 1 atom stereocenters. The van der Waals surface area contributed by atoms with Crippen LogP contribution in [-0.4, -0.2) is 36.4 Å². The molecule has 1 N–H and O–H groups in total. The predicted molar refractivity (Wildman–Crippen MR) is 334 cm³/mol. The van der Waals surface area contributed by atoms with Gasteiger partial charge in [0.25, 0.3) is 0 Å². The summed E-state index contributed by atoms with van der Waals surface area (Å²) in [5, 5.41) is 9.66. The topological polar surface area (TPSA) is 72.8 Å². The molecule has 76 heavy (non-hydrogen) atoms. The van der Waals surface area contributed by atoms with Crippen LogP contribution in [0.3, 0.4) is 0 Å². The minimum Gasteiger partial charge on any atom is -0.462 e. The highest BCUT2D eigenvalue weighted by atomic mass is 16.6. The second-order valence-corrected chi connectivity index (χ2v) is 21.1. The summed E-state index contributed by atoms with van der Waals surface area (Å²) in [6.07, 6.45) is 96.5. The summed E-state index contributed by atoms with van der Waals surface area (Å²) in [5.41, 5.74) is 0. The molecular weight excluding hydrogens is 933 g/mol. The Kier molecular flexibility index (Phi) is 62.4. The summed E-state index contributed by atoms with van der Waals surface area (Å²) in [5.74, 6) is -0.637. The van der Waals surface area contributed by atoms with E-state index in [1.54, 1.807) is 0 Å². The van der Waals surface area contributed by atoms with Crippen molar-refractivity contribution < 1.29 is 24.2 Å². The molecule has 5 heteroatoms. The molecule has 1 unspecified atom stereocenters. The summed E-state index contributed by atoms with van der Waals surface area (Å²) in [6.45, 7) is 3.89. The van der Waals surface area contributed by atoms with Gasteiger partial charge in [-0.05, 0) is 103 Å². The maximum absolute atomic E-state index is 12.3. The van der Waals surface area contributed by atoms with Crippen LogP contribution in [0.5, 0.6) is 0 Å². The van der Waals surface area contributed by atoms with Crippen molar-refractivity contribution >= 4 is 11.9 Å². The number of aliphatic hydroxyl groups excluding tert-OH is 1. The Balaban J connectivity index is 3.45. The predicted octanol–water partition coefficient (Wildman–Crippen LogP) is 22.2. The van der Waals surface area contributed by atoms with Gasteiger partial charge in [-0.1, -0.05) is 302 Å². The first kappa shape index (κ1) is 72.3. The molecule has 0 fully saturated rings. The average Bonchev–Trinajstić information content (AvgIpc) is 3.42. The lowest BCUT2D eigenvalue weighted by atomic mass is 10.0. The van der Waals surface area contributed by atoms with Gasteiger partial charge in [-0.25, -0.2) is 0 Å². The fraction of sp³-hybridized carbons (Fsp3) is 0.690. The molecule has 0 radical (unpaired) electrons. The molecule has 0 aliphatic heterocycles. The fourth-order valence-corrected chi connectivity index (χ4v) is 9.02. The molecule has 434 valence electrons. The average molecular weight is 1050 g/mol. The van der Waals surface area contributed by atoms with E-state index in [0.29, 0.717) is 12.8 Å². The number of ether oxygens (including phenoxy) is 2. The first-order valence-electron chi connectivity index (χ1n) is 32.1. The highest BCUT2D eigenvalue weighted by molar-refractivity contribution is 5.70. The summed E-state index contributed by atoms with van der Waals surface area (Å²) in [7, 11) is 0. The van der Waals surface area contributed by atoms with Crippen LogP contribution in [0.15, 0.2) is 122 Å². The number of unbranched alkanes of at least 4 members (excludes halogenated alkanes) is 30. The van der Waals surface area contributed by atoms with Crippen LogP contribution in [0.1, 0.15) is 296 Å². The minimum absolute atomic E-state index is 0.0866. The standard InChI is InChI=1S/C71H120O5/c1-3-5-7-9-11-13-15-17-19-21-23-25-26-27-28-29-30-31-32-33-34-35-36-37-38-39-40-41-42-43-44-46-47-49-51-53-55-57-59-61-63-65-70(73)75-68-69(67-72)76-71(74)66-64-62-60-58-56-54-52-50-48-45-24-22-20-18-16-14-12-10-8-6-4-2/h5-8,11-14,17-20,23-25,45,50,52,56,58,69,72H,3-4,9-10,15-16,21-22,26-44,46-49,51,53-55,57,59-68H2,1-2H3/b7-5-,8-6-,13-11-,14-12-,19-17-,20-18-,25-23-,45-24-,52-50-,58-56-. The Morgan fingerprint density at radius 2 is 0.526 bits per heavy atom. The zero-order valence-electron chi connectivity index (χ0n) is 49.7. The van der Waals surface area contributed by atoms with Crippen molar-refractivity contribution in [3.8, 4) is 0 Å². The molecule has 0 saturated carbocycles. The van der Waals surface area contributed by atoms with E-state index in [-0.39, 0.29) is 25.2 Å². The van der Waals surface area contributed by atoms with Crippen molar-refractivity contribution in [2.75, 3.05) is 13.2 Å². The Morgan fingerprint density at radius 3 is 0.816 bits per heavy atom. The molecule has 0 saturated heterocycles. The molecule has 0 bridgehead atoms. The Hall–Kier alpha value is -3.70. The van der Waals surface area contributed by atoms with Gasteiger partial charge in [0.2, 0.25) is 0 Å². The highest BCUT2D eigenvalue weighted by Crippen LogP contribution is 2.17. The Morgan fingerprint density at radius 1 is 0.303 bits per heavy atom. The number of allylic oxidation sites excluding steroid dienone is 20. The molecule has 0 rings (SSSR count). The van der Waals surface area contributed by atoms with Crippen molar-refractivity contribution in [1.82, 2.24) is 0 Å². The third kappa shape index (κ3) is 62.8. The highest BCUT2D eigenvalue weighted by Gasteiger charge is 2.16. The zero-order chi connectivity index (χ0) is 54.8. The number of esters is 2. The monoisotopic (exact) mass is 1050 g/mol. The molecular formula is C71H120O5. The van der Waals surface area contributed by atoms with E-state index < -0.39 is 6.10 Å². The summed E-state index contributed by atoms with van der Waals surface area (Å²) in [6, 6.07) is 0. The lowest BCUT2D eigenvalue weighted by Crippen LogP contribution is -2.28. The molecule has 0 aromatic rings. The van der Waals surface area contributed by atoms with Gasteiger partial charge in [0, 0.05) is 12.8 Å². The number of aliphatic hydroxyl groups is 1. The van der Waals surface area contributed by atoms with E-state index in [2.05, 4.69) is 135 Å². The number of rotatable bonds is 58. The van der Waals surface area contributed by atoms with Crippen LogP contribution in [0.2, 0.25) is 0 Å². The molecule has 0 spiro atoms. The van der Waals surface area contributed by atoms with E-state index in [4.69, 9.17) is 9.47 Å². The van der Waals surface area contributed by atoms with E-state index in [1.807, 2.05) is 0 Å². The fourth-order valence-electron chi connectivity index (χ4n) is 9.02. The van der Waals surface area contributed by atoms with Crippen molar-refractivity contribution in [3.63, 3.8) is 0 Å². The van der Waals surface area contributed by atoms with Gasteiger partial charge >= 0.3 is 11.9 Å². The van der Waals surface area contributed by atoms with Gasteiger partial charge in [-0.15, -0.1) is 0 Å². The third-order valence-corrected chi connectivity index (χ3v) is 13.8. The number of carbonyl (C=O) groups excluding carboxylic acids is 2. The lowest BCUT2D eigenvalue weighted by Gasteiger charge is -2.15. The lowest BCUT2D eigenvalue weighted by molar-refractivity contribution is -0.161. The van der Waals surface area contributed by atoms with Crippen molar-refractivity contribution in [2.45, 2.75) is 302 Å². The Bertz CT molecular complexity index is 1520. The van der Waals surface area contributed by atoms with E-state index in [9.17, 15) is 14.7 Å². The SMILES string of the molecule is CC/C=C\C/C=C\C/C=C\C/C=C\C/C=C\C/C=C\CCCCC(=O)OC(CO)COC(=O)CCCCCCCCCCCCCCCCCCCCCCCCCCCCCC/C=C\C/C=C\C/C=C\C/C=C\CC. The van der Waals surface area contributed by atoms with Crippen molar-refractivity contribution in [2.24, 2.45) is 0 Å². The minimum atomic E-state index is -0.801. The van der Waals surface area contributed by atoms with Crippen LogP contribution in [-0.2, 0) is 19.1 Å². The van der Waals surface area contributed by atoms with Gasteiger partial charge in [-0.2, -0.15) is 0 Å². The van der Waals surface area contributed by atoms with Crippen LogP contribution in [0, 0.1) is 0 Å². The van der Waals surface area contributed by atoms with Gasteiger partial charge in [0.1, 0.15) is 6.61 Å². The normalized spacial score (nSPS) is 13.0. The zero-order valence-corrected chi connectivity index (χ0v) is 49.7. The molecule has 0 aliphatic carbocycles. The summed E-state index contributed by atoms with van der Waals surface area (Å²) >= 11 is 0. The maximum atomic E-state index is 12.3. The molecule has 0 aliphatic rings. The smallest absolute Gasteiger partial charge is 0.306 e.